The first-order valence-corrected chi connectivity index (χ1v) is 24.1. The second kappa shape index (κ2) is 25.6. The molecular formula is C60H54BCuN4P+2. The Labute approximate surface area is 408 Å². The van der Waals surface area contributed by atoms with Crippen molar-refractivity contribution < 1.29 is 17.1 Å². The van der Waals surface area contributed by atoms with Gasteiger partial charge in [0.1, 0.15) is 22.1 Å². The van der Waals surface area contributed by atoms with E-state index in [-0.39, 0.29) is 17.1 Å². The van der Waals surface area contributed by atoms with E-state index in [0.29, 0.717) is 0 Å². The van der Waals surface area contributed by atoms with Gasteiger partial charge in [-0.05, 0) is 72.8 Å². The van der Waals surface area contributed by atoms with Gasteiger partial charge in [-0.1, -0.05) is 194 Å². The fraction of sp³-hybridized carbons (Fsp3) is 0.0500. The minimum atomic E-state index is -1.22. The quantitative estimate of drug-likeness (QED) is 0.0855. The molecule has 0 aliphatic carbocycles. The topological polar surface area (TPSA) is 41.9 Å². The van der Waals surface area contributed by atoms with E-state index in [4.69, 9.17) is 0 Å². The molecule has 0 bridgehead atoms. The molecule has 0 spiro atoms. The molecule has 10 aromatic rings. The molecule has 0 unspecified atom stereocenters. The third kappa shape index (κ3) is 13.1. The maximum atomic E-state index is 4.42. The number of benzene rings is 7. The van der Waals surface area contributed by atoms with Crippen LogP contribution < -0.4 is 37.8 Å². The van der Waals surface area contributed by atoms with Gasteiger partial charge in [-0.25, -0.2) is 0 Å². The Kier molecular flexibility index (Phi) is 18.3. The van der Waals surface area contributed by atoms with Crippen LogP contribution in [0.5, 0.6) is 0 Å². The second-order valence-corrected chi connectivity index (χ2v) is 18.6. The van der Waals surface area contributed by atoms with Gasteiger partial charge in [0, 0.05) is 38.2 Å². The van der Waals surface area contributed by atoms with E-state index in [0.717, 1.165) is 36.7 Å². The number of pyridine rings is 3. The summed E-state index contributed by atoms with van der Waals surface area (Å²) < 4.78 is 0. The van der Waals surface area contributed by atoms with E-state index >= 15 is 0 Å². The smallest absolute Gasteiger partial charge is 0.286 e. The Morgan fingerprint density at radius 2 is 0.507 bits per heavy atom. The molecule has 0 saturated carbocycles. The summed E-state index contributed by atoms with van der Waals surface area (Å²) in [5, 5.41) is 4.31. The monoisotopic (exact) mass is 935 g/mol. The zero-order chi connectivity index (χ0) is 44.9. The molecule has 67 heavy (non-hydrogen) atoms. The Morgan fingerprint density at radius 1 is 0.284 bits per heavy atom. The van der Waals surface area contributed by atoms with Crippen molar-refractivity contribution in [3.8, 4) is 0 Å². The Bertz CT molecular complexity index is 2500. The molecule has 7 aromatic carbocycles. The zero-order valence-corrected chi connectivity index (χ0v) is 39.4. The van der Waals surface area contributed by atoms with Crippen LogP contribution in [0, 0.1) is 0 Å². The molecule has 7 heteroatoms. The minimum absolute atomic E-state index is 0. The standard InChI is InChI=1S/C24H20B.C18H18N4.C18H15P.Cu/c1-5-13-21(14-6-1)25(22-15-7-2-8-16-22,23-17-9-3-10-18-23)24-19-11-4-12-20-24;1-4-10-19-16(7-1)13-22(14-17-8-2-5-11-20-17)15-18-9-3-6-12-21-18;1-4-10-16(11-5-1)19(17-12-6-2-7-13-17)18-14-8-3-9-15-18;/h1-20H;1-12H,13-15H2;1-15H;/q-1;;;+2/p+1. The molecule has 0 N–H and O–H groups in total. The van der Waals surface area contributed by atoms with E-state index in [1.165, 1.54) is 37.8 Å². The molecule has 0 aliphatic heterocycles. The van der Waals surface area contributed by atoms with Gasteiger partial charge in [-0.15, -0.1) is 0 Å². The summed E-state index contributed by atoms with van der Waals surface area (Å²) in [5.74, 6) is 0. The first-order chi connectivity index (χ1) is 32.8. The van der Waals surface area contributed by atoms with E-state index in [1.54, 1.807) is 0 Å². The fourth-order valence-electron chi connectivity index (χ4n) is 8.77. The SMILES string of the molecule is [Cu+2].c1ccc(CN(Cc2ccccn2)Cc2ccccn2)nc1.c1ccc([B-](c2ccccc2)(c2ccccc2)c2ccccc2)cc1.c1ccc([PH+](c2ccccc2)c2ccccc2)cc1. The summed E-state index contributed by atoms with van der Waals surface area (Å²) in [5.41, 5.74) is 8.51. The van der Waals surface area contributed by atoms with Crippen molar-refractivity contribution in [1.82, 2.24) is 19.9 Å². The van der Waals surface area contributed by atoms with Crippen LogP contribution in [-0.4, -0.2) is 26.0 Å². The number of hydrogen-bond donors (Lipinski definition) is 0. The minimum Gasteiger partial charge on any atom is -0.286 e. The molecule has 4 nitrogen and oxygen atoms in total. The summed E-state index contributed by atoms with van der Waals surface area (Å²) >= 11 is 0. The van der Waals surface area contributed by atoms with Crippen LogP contribution in [0.25, 0.3) is 0 Å². The van der Waals surface area contributed by atoms with Crippen LogP contribution in [0.3, 0.4) is 0 Å². The maximum Gasteiger partial charge on any atom is 2.00 e. The predicted octanol–water partition coefficient (Wildman–Crippen LogP) is 9.31. The third-order valence-electron chi connectivity index (χ3n) is 11.7. The Morgan fingerprint density at radius 3 is 0.731 bits per heavy atom. The van der Waals surface area contributed by atoms with E-state index < -0.39 is 14.1 Å². The maximum absolute atomic E-state index is 4.42. The van der Waals surface area contributed by atoms with Crippen molar-refractivity contribution in [2.45, 2.75) is 19.6 Å². The molecule has 3 heterocycles. The van der Waals surface area contributed by atoms with Gasteiger partial charge in [0.05, 0.1) is 25.0 Å². The average molecular weight is 936 g/mol. The van der Waals surface area contributed by atoms with E-state index in [9.17, 15) is 0 Å². The first-order valence-electron chi connectivity index (χ1n) is 22.6. The fourth-order valence-corrected chi connectivity index (χ4v) is 11.3. The molecule has 10 rings (SSSR count). The van der Waals surface area contributed by atoms with Gasteiger partial charge in [-0.3, -0.25) is 19.9 Å². The second-order valence-electron chi connectivity index (χ2n) is 16.1. The summed E-state index contributed by atoms with van der Waals surface area (Å²) in [4.78, 5) is 15.6. The van der Waals surface area contributed by atoms with Crippen LogP contribution in [0.1, 0.15) is 17.1 Å². The molecule has 3 aromatic heterocycles. The number of hydrogen-bond acceptors (Lipinski definition) is 4. The van der Waals surface area contributed by atoms with Crippen molar-refractivity contribution in [2.24, 2.45) is 0 Å². The van der Waals surface area contributed by atoms with Crippen molar-refractivity contribution in [1.29, 1.82) is 0 Å². The van der Waals surface area contributed by atoms with Crippen molar-refractivity contribution >= 4 is 51.8 Å². The molecule has 0 atom stereocenters. The number of rotatable bonds is 13. The van der Waals surface area contributed by atoms with Crippen LogP contribution in [0.15, 0.2) is 286 Å². The molecule has 0 fully saturated rings. The Balaban J connectivity index is 0.000000149. The van der Waals surface area contributed by atoms with Gasteiger partial charge in [0.15, 0.2) is 0 Å². The molecule has 0 aliphatic rings. The van der Waals surface area contributed by atoms with Gasteiger partial charge in [0.25, 0.3) is 0 Å². The summed E-state index contributed by atoms with van der Waals surface area (Å²) in [6.07, 6.45) is 4.27. The zero-order valence-electron chi connectivity index (χ0n) is 37.4. The van der Waals surface area contributed by atoms with Crippen molar-refractivity contribution in [3.63, 3.8) is 0 Å². The Hall–Kier alpha value is -7.04. The summed E-state index contributed by atoms with van der Waals surface area (Å²) in [6, 6.07) is 94.0. The van der Waals surface area contributed by atoms with Crippen LogP contribution in [0.4, 0.5) is 0 Å². The van der Waals surface area contributed by atoms with E-state index in [2.05, 4.69) is 232 Å². The number of nitrogens with zero attached hydrogens (tertiary/aromatic N) is 4. The van der Waals surface area contributed by atoms with Gasteiger partial charge in [0.2, 0.25) is 0 Å². The third-order valence-corrected chi connectivity index (χ3v) is 14.5. The molecule has 0 saturated heterocycles. The number of aromatic nitrogens is 3. The molecular weight excluding hydrogens is 882 g/mol. The van der Waals surface area contributed by atoms with Gasteiger partial charge in [-0.2, -0.15) is 21.9 Å². The summed E-state index contributed by atoms with van der Waals surface area (Å²) in [6.45, 7) is 2.32. The summed E-state index contributed by atoms with van der Waals surface area (Å²) in [7, 11) is -0.877. The van der Waals surface area contributed by atoms with Gasteiger partial charge < -0.3 is 0 Å². The predicted molar refractivity (Wildman–Crippen MR) is 282 cm³/mol. The van der Waals surface area contributed by atoms with Gasteiger partial charge >= 0.3 is 17.1 Å². The van der Waals surface area contributed by atoms with Crippen LogP contribution in [0.2, 0.25) is 0 Å². The normalized spacial score (nSPS) is 10.7. The largest absolute Gasteiger partial charge is 2.00 e. The van der Waals surface area contributed by atoms with Crippen molar-refractivity contribution in [3.05, 3.63) is 303 Å². The van der Waals surface area contributed by atoms with Crippen LogP contribution in [-0.2, 0) is 36.7 Å². The van der Waals surface area contributed by atoms with Crippen LogP contribution >= 0.6 is 7.92 Å². The first kappa shape index (κ1) is 47.9. The molecule has 331 valence electrons. The average Bonchev–Trinajstić information content (AvgIpc) is 3.40. The molecule has 1 radical (unpaired) electrons. The van der Waals surface area contributed by atoms with E-state index in [1.807, 2.05) is 73.2 Å². The van der Waals surface area contributed by atoms with Crippen molar-refractivity contribution in [2.75, 3.05) is 0 Å². The molecule has 0 amide bonds.